The summed E-state index contributed by atoms with van der Waals surface area (Å²) < 4.78 is 13.9. The summed E-state index contributed by atoms with van der Waals surface area (Å²) in [6.45, 7) is 6.58. The molecule has 2 N–H and O–H groups in total. The fourth-order valence-electron chi connectivity index (χ4n) is 3.08. The number of rotatable bonds is 6. The van der Waals surface area contributed by atoms with Gasteiger partial charge in [-0.05, 0) is 18.6 Å². The summed E-state index contributed by atoms with van der Waals surface area (Å²) >= 11 is 1.72. The van der Waals surface area contributed by atoms with Crippen molar-refractivity contribution in [1.29, 1.82) is 0 Å². The molecule has 1 aliphatic rings. The van der Waals surface area contributed by atoms with Crippen molar-refractivity contribution in [2.24, 2.45) is 4.99 Å². The second-order valence-corrected chi connectivity index (χ2v) is 7.86. The number of anilines is 1. The van der Waals surface area contributed by atoms with Gasteiger partial charge in [0.1, 0.15) is 0 Å². The molecule has 3 rings (SSSR count). The van der Waals surface area contributed by atoms with Crippen LogP contribution < -0.4 is 15.5 Å². The minimum atomic E-state index is -0.273. The molecule has 28 heavy (non-hydrogen) atoms. The van der Waals surface area contributed by atoms with E-state index in [1.54, 1.807) is 30.6 Å². The smallest absolute Gasteiger partial charge is 0.191 e. The maximum atomic E-state index is 13.9. The van der Waals surface area contributed by atoms with E-state index < -0.39 is 0 Å². The first kappa shape index (κ1) is 22.8. The Morgan fingerprint density at radius 2 is 2.29 bits per heavy atom. The number of aromatic nitrogens is 2. The lowest BCUT2D eigenvalue weighted by Crippen LogP contribution is -2.45. The molecule has 9 heteroatoms. The van der Waals surface area contributed by atoms with Gasteiger partial charge in [0.2, 0.25) is 0 Å². The number of aliphatic imine (C=N–C) groups is 1. The number of hydrogen-bond donors (Lipinski definition) is 2. The van der Waals surface area contributed by atoms with Crippen LogP contribution in [0.3, 0.4) is 0 Å². The Labute approximate surface area is 187 Å². The normalized spacial score (nSPS) is 17.0. The highest BCUT2D eigenvalue weighted by molar-refractivity contribution is 14.0. The Balaban J connectivity index is 0.00000280. The van der Waals surface area contributed by atoms with Crippen LogP contribution in [0.15, 0.2) is 28.7 Å². The fraction of sp³-hybridized carbons (Fsp3) is 0.526. The van der Waals surface area contributed by atoms with E-state index in [2.05, 4.69) is 44.8 Å². The number of nitrogens with zero attached hydrogens (tertiary/aromatic N) is 4. The molecule has 1 saturated heterocycles. The number of guanidine groups is 1. The Morgan fingerprint density at radius 3 is 2.96 bits per heavy atom. The summed E-state index contributed by atoms with van der Waals surface area (Å²) in [6.07, 6.45) is 3.41. The van der Waals surface area contributed by atoms with Crippen molar-refractivity contribution in [2.45, 2.75) is 38.6 Å². The molecule has 0 aliphatic carbocycles. The predicted molar refractivity (Wildman–Crippen MR) is 125 cm³/mol. The molecule has 0 spiro atoms. The van der Waals surface area contributed by atoms with Gasteiger partial charge in [0.05, 0.1) is 10.7 Å². The van der Waals surface area contributed by atoms with Crippen molar-refractivity contribution in [2.75, 3.05) is 31.6 Å². The molecule has 0 amide bonds. The molecular formula is C19H28FIN6S. The number of nitrogens with one attached hydrogen (secondary N) is 2. The van der Waals surface area contributed by atoms with Crippen LogP contribution in [-0.2, 0) is 6.42 Å². The van der Waals surface area contributed by atoms with Crippen LogP contribution in [0, 0.1) is 5.82 Å². The minimum absolute atomic E-state index is 0. The van der Waals surface area contributed by atoms with E-state index in [-0.39, 0.29) is 35.8 Å². The molecule has 0 radical (unpaired) electrons. The molecule has 0 aromatic carbocycles. The zero-order chi connectivity index (χ0) is 19.2. The topological polar surface area (TPSA) is 65.4 Å². The molecule has 2 aromatic heterocycles. The Bertz CT molecular complexity index is 781. The summed E-state index contributed by atoms with van der Waals surface area (Å²) in [5, 5.41) is 10.1. The summed E-state index contributed by atoms with van der Waals surface area (Å²) in [6, 6.07) is 3.28. The predicted octanol–water partition coefficient (Wildman–Crippen LogP) is 3.41. The number of pyridine rings is 1. The van der Waals surface area contributed by atoms with E-state index in [0.29, 0.717) is 18.3 Å². The lowest BCUT2D eigenvalue weighted by Gasteiger charge is -2.19. The van der Waals surface area contributed by atoms with Crippen molar-refractivity contribution in [3.05, 3.63) is 40.2 Å². The van der Waals surface area contributed by atoms with E-state index >= 15 is 0 Å². The second-order valence-electron chi connectivity index (χ2n) is 6.97. The van der Waals surface area contributed by atoms with E-state index in [1.165, 1.54) is 11.1 Å². The molecule has 1 atom stereocenters. The number of halogens is 2. The largest absolute Gasteiger partial charge is 0.356 e. The fourth-order valence-corrected chi connectivity index (χ4v) is 3.95. The van der Waals surface area contributed by atoms with Gasteiger partial charge in [-0.3, -0.25) is 4.99 Å². The van der Waals surface area contributed by atoms with Gasteiger partial charge < -0.3 is 15.5 Å². The van der Waals surface area contributed by atoms with Crippen LogP contribution in [0.25, 0.3) is 0 Å². The van der Waals surface area contributed by atoms with Gasteiger partial charge in [-0.2, -0.15) is 0 Å². The second kappa shape index (κ2) is 10.9. The molecule has 3 heterocycles. The summed E-state index contributed by atoms with van der Waals surface area (Å²) in [5.74, 6) is 1.39. The van der Waals surface area contributed by atoms with Gasteiger partial charge in [0.15, 0.2) is 17.6 Å². The average Bonchev–Trinajstić information content (AvgIpc) is 3.31. The Hall–Kier alpha value is -1.49. The molecule has 1 fully saturated rings. The maximum absolute atomic E-state index is 13.9. The van der Waals surface area contributed by atoms with Gasteiger partial charge >= 0.3 is 0 Å². The average molecular weight is 518 g/mol. The third-order valence-electron chi connectivity index (χ3n) is 4.53. The molecule has 0 saturated carbocycles. The maximum Gasteiger partial charge on any atom is 0.191 e. The standard InChI is InChI=1S/C19H27FN6S.HI/c1-13(2)18-24-15(12-27-18)6-9-23-19(21-3)25-14-7-10-26(11-14)17-16(20)5-4-8-22-17;/h4-5,8,12-14H,6-7,9-11H2,1-3H3,(H2,21,23,25);1H. The zero-order valence-corrected chi connectivity index (χ0v) is 19.6. The SMILES string of the molecule is CN=C(NCCc1csc(C(C)C)n1)NC1CCN(c2ncccc2F)C1.I. The van der Waals surface area contributed by atoms with Gasteiger partial charge in [-0.25, -0.2) is 14.4 Å². The Morgan fingerprint density at radius 1 is 1.46 bits per heavy atom. The van der Waals surface area contributed by atoms with E-state index in [0.717, 1.165) is 37.6 Å². The van der Waals surface area contributed by atoms with Gasteiger partial charge in [0.25, 0.3) is 0 Å². The van der Waals surface area contributed by atoms with Crippen molar-refractivity contribution >= 4 is 47.1 Å². The molecule has 6 nitrogen and oxygen atoms in total. The first-order chi connectivity index (χ1) is 13.1. The van der Waals surface area contributed by atoms with Gasteiger partial charge in [-0.1, -0.05) is 13.8 Å². The first-order valence-corrected chi connectivity index (χ1v) is 10.2. The number of hydrogen-bond acceptors (Lipinski definition) is 5. The number of thiazole rings is 1. The van der Waals surface area contributed by atoms with Crippen LogP contribution in [0.4, 0.5) is 10.2 Å². The third kappa shape index (κ3) is 6.00. The van der Waals surface area contributed by atoms with E-state index in [9.17, 15) is 4.39 Å². The van der Waals surface area contributed by atoms with Crippen LogP contribution >= 0.6 is 35.3 Å². The molecule has 154 valence electrons. The van der Waals surface area contributed by atoms with Crippen molar-refractivity contribution in [3.63, 3.8) is 0 Å². The minimum Gasteiger partial charge on any atom is -0.356 e. The highest BCUT2D eigenvalue weighted by atomic mass is 127. The molecule has 1 aliphatic heterocycles. The van der Waals surface area contributed by atoms with Gasteiger partial charge in [0, 0.05) is 56.6 Å². The Kier molecular flexibility index (Phi) is 8.87. The molecule has 0 bridgehead atoms. The monoisotopic (exact) mass is 518 g/mol. The van der Waals surface area contributed by atoms with Crippen LogP contribution in [0.5, 0.6) is 0 Å². The first-order valence-electron chi connectivity index (χ1n) is 9.33. The van der Waals surface area contributed by atoms with Crippen molar-refractivity contribution < 1.29 is 4.39 Å². The lowest BCUT2D eigenvalue weighted by molar-refractivity contribution is 0.612. The summed E-state index contributed by atoms with van der Waals surface area (Å²) in [7, 11) is 1.76. The van der Waals surface area contributed by atoms with Crippen LogP contribution in [0.1, 0.15) is 36.9 Å². The lowest BCUT2D eigenvalue weighted by atomic mass is 10.2. The van der Waals surface area contributed by atoms with Crippen LogP contribution in [-0.4, -0.2) is 48.7 Å². The highest BCUT2D eigenvalue weighted by Gasteiger charge is 2.25. The van der Waals surface area contributed by atoms with Crippen LogP contribution in [0.2, 0.25) is 0 Å². The van der Waals surface area contributed by atoms with E-state index in [4.69, 9.17) is 0 Å². The van der Waals surface area contributed by atoms with Crippen molar-refractivity contribution in [3.8, 4) is 0 Å². The van der Waals surface area contributed by atoms with Crippen molar-refractivity contribution in [1.82, 2.24) is 20.6 Å². The van der Waals surface area contributed by atoms with E-state index in [1.807, 2.05) is 4.90 Å². The summed E-state index contributed by atoms with van der Waals surface area (Å²) in [4.78, 5) is 15.1. The molecule has 2 aromatic rings. The highest BCUT2D eigenvalue weighted by Crippen LogP contribution is 2.21. The van der Waals surface area contributed by atoms with Gasteiger partial charge in [-0.15, -0.1) is 35.3 Å². The zero-order valence-electron chi connectivity index (χ0n) is 16.5. The summed E-state index contributed by atoms with van der Waals surface area (Å²) in [5.41, 5.74) is 1.12. The quantitative estimate of drug-likeness (QED) is 0.349. The third-order valence-corrected chi connectivity index (χ3v) is 5.72. The molecule has 1 unspecified atom stereocenters. The molecular weight excluding hydrogens is 490 g/mol.